The van der Waals surface area contributed by atoms with Crippen LogP contribution in [0.25, 0.3) is 17.3 Å². The van der Waals surface area contributed by atoms with Gasteiger partial charge in [0.1, 0.15) is 0 Å². The summed E-state index contributed by atoms with van der Waals surface area (Å²) < 4.78 is 10.3. The number of carbonyl (C=O) groups is 1. The van der Waals surface area contributed by atoms with Gasteiger partial charge in [0.2, 0.25) is 5.76 Å². The van der Waals surface area contributed by atoms with Crippen LogP contribution in [0.3, 0.4) is 0 Å². The summed E-state index contributed by atoms with van der Waals surface area (Å²) in [6.45, 7) is 4.29. The van der Waals surface area contributed by atoms with E-state index >= 15 is 0 Å². The number of benzene rings is 1. The Morgan fingerprint density at radius 2 is 1.96 bits per heavy atom. The Morgan fingerprint density at radius 3 is 2.58 bits per heavy atom. The van der Waals surface area contributed by atoms with Gasteiger partial charge in [-0.15, -0.1) is 0 Å². The van der Waals surface area contributed by atoms with Crippen LogP contribution in [0, 0.1) is 0 Å². The molecular formula is C19H22N2O3. The Labute approximate surface area is 142 Å². The molecule has 2 rings (SSSR count). The molecule has 2 aromatic rings. The Balaban J connectivity index is 2.23. The van der Waals surface area contributed by atoms with Crippen molar-refractivity contribution in [1.82, 2.24) is 4.98 Å². The van der Waals surface area contributed by atoms with Gasteiger partial charge in [0.25, 0.3) is 0 Å². The lowest BCUT2D eigenvalue weighted by Crippen LogP contribution is -2.10. The molecule has 0 bridgehead atoms. The molecule has 0 fully saturated rings. The molecule has 0 spiro atoms. The third-order valence-electron chi connectivity index (χ3n) is 3.31. The molecule has 1 N–H and O–H groups in total. The molecule has 0 radical (unpaired) electrons. The molecule has 24 heavy (non-hydrogen) atoms. The lowest BCUT2D eigenvalue weighted by molar-refractivity contribution is -0.142. The van der Waals surface area contributed by atoms with Gasteiger partial charge >= 0.3 is 5.97 Å². The first kappa shape index (κ1) is 17.5. The highest BCUT2D eigenvalue weighted by atomic mass is 16.6. The maximum atomic E-state index is 11.9. The van der Waals surface area contributed by atoms with Gasteiger partial charge in [-0.05, 0) is 43.7 Å². The normalized spacial score (nSPS) is 11.0. The van der Waals surface area contributed by atoms with Crippen LogP contribution in [0.5, 0.6) is 0 Å². The van der Waals surface area contributed by atoms with E-state index in [0.29, 0.717) is 13.2 Å². The summed E-state index contributed by atoms with van der Waals surface area (Å²) in [6.07, 6.45) is 3.35. The number of nitrogens with zero attached hydrogens (tertiary/aromatic N) is 1. The van der Waals surface area contributed by atoms with Gasteiger partial charge < -0.3 is 14.8 Å². The van der Waals surface area contributed by atoms with Gasteiger partial charge in [-0.25, -0.2) is 4.79 Å². The Kier molecular flexibility index (Phi) is 6.37. The van der Waals surface area contributed by atoms with E-state index in [2.05, 4.69) is 10.3 Å². The molecule has 0 amide bonds. The molecule has 0 unspecified atom stereocenters. The van der Waals surface area contributed by atoms with Gasteiger partial charge in [0.05, 0.1) is 18.9 Å². The Morgan fingerprint density at radius 1 is 1.17 bits per heavy atom. The number of esters is 1. The fraction of sp³-hybridized carbons (Fsp3) is 0.263. The molecule has 0 aliphatic heterocycles. The topological polar surface area (TPSA) is 60.5 Å². The van der Waals surface area contributed by atoms with Crippen molar-refractivity contribution >= 4 is 17.7 Å². The standard InChI is InChI=1S/C19H22N2O3/c1-4-23-18(19(22)24-5-2)11-14-9-10-17(21-13-14)15-7-6-8-16(12-15)20-3/h6-13,20H,4-5H2,1-3H3. The zero-order valence-electron chi connectivity index (χ0n) is 14.2. The number of hydrogen-bond donors (Lipinski definition) is 1. The highest BCUT2D eigenvalue weighted by Crippen LogP contribution is 2.21. The molecule has 0 aliphatic rings. The largest absolute Gasteiger partial charge is 0.487 e. The molecule has 0 saturated heterocycles. The second-order valence-corrected chi connectivity index (χ2v) is 4.97. The zero-order valence-corrected chi connectivity index (χ0v) is 14.2. The molecule has 1 heterocycles. The minimum Gasteiger partial charge on any atom is -0.487 e. The summed E-state index contributed by atoms with van der Waals surface area (Å²) in [6, 6.07) is 11.8. The predicted molar refractivity (Wildman–Crippen MR) is 95.5 cm³/mol. The Hall–Kier alpha value is -2.82. The zero-order chi connectivity index (χ0) is 17.4. The summed E-state index contributed by atoms with van der Waals surface area (Å²) in [4.78, 5) is 16.3. The maximum Gasteiger partial charge on any atom is 0.373 e. The summed E-state index contributed by atoms with van der Waals surface area (Å²) in [5.41, 5.74) is 3.69. The lowest BCUT2D eigenvalue weighted by Gasteiger charge is -2.08. The van der Waals surface area contributed by atoms with Crippen molar-refractivity contribution in [3.63, 3.8) is 0 Å². The summed E-state index contributed by atoms with van der Waals surface area (Å²) in [5, 5.41) is 3.11. The van der Waals surface area contributed by atoms with Gasteiger partial charge in [-0.3, -0.25) is 4.98 Å². The van der Waals surface area contributed by atoms with Crippen LogP contribution in [-0.4, -0.2) is 31.2 Å². The summed E-state index contributed by atoms with van der Waals surface area (Å²) in [5.74, 6) is -0.281. The van der Waals surface area contributed by atoms with Crippen LogP contribution >= 0.6 is 0 Å². The number of hydrogen-bond acceptors (Lipinski definition) is 5. The molecular weight excluding hydrogens is 304 g/mol. The molecule has 5 nitrogen and oxygen atoms in total. The summed E-state index contributed by atoms with van der Waals surface area (Å²) >= 11 is 0. The smallest absolute Gasteiger partial charge is 0.373 e. The van der Waals surface area contributed by atoms with Crippen molar-refractivity contribution in [2.75, 3.05) is 25.6 Å². The molecule has 126 valence electrons. The van der Waals surface area contributed by atoms with Crippen LogP contribution < -0.4 is 5.32 Å². The molecule has 0 atom stereocenters. The molecule has 1 aromatic carbocycles. The van der Waals surface area contributed by atoms with Crippen molar-refractivity contribution in [1.29, 1.82) is 0 Å². The van der Waals surface area contributed by atoms with E-state index in [1.54, 1.807) is 19.2 Å². The van der Waals surface area contributed by atoms with Crippen LogP contribution in [0.4, 0.5) is 5.69 Å². The first-order chi connectivity index (χ1) is 11.7. The van der Waals surface area contributed by atoms with Gasteiger partial charge in [-0.2, -0.15) is 0 Å². The molecule has 5 heteroatoms. The number of aromatic nitrogens is 1. The SMILES string of the molecule is CCOC(=O)C(=Cc1ccc(-c2cccc(NC)c2)nc1)OCC. The molecule has 1 aromatic heterocycles. The number of anilines is 1. The summed E-state index contributed by atoms with van der Waals surface area (Å²) in [7, 11) is 1.88. The van der Waals surface area contributed by atoms with Crippen molar-refractivity contribution in [2.45, 2.75) is 13.8 Å². The predicted octanol–water partition coefficient (Wildman–Crippen LogP) is 3.73. The first-order valence-corrected chi connectivity index (χ1v) is 7.93. The second kappa shape index (κ2) is 8.72. The van der Waals surface area contributed by atoms with Crippen LogP contribution in [-0.2, 0) is 14.3 Å². The average Bonchev–Trinajstić information content (AvgIpc) is 2.62. The monoisotopic (exact) mass is 326 g/mol. The maximum absolute atomic E-state index is 11.9. The van der Waals surface area contributed by atoms with Gasteiger partial charge in [-0.1, -0.05) is 18.2 Å². The van der Waals surface area contributed by atoms with Crippen LogP contribution in [0.15, 0.2) is 48.4 Å². The number of ether oxygens (including phenoxy) is 2. The van der Waals surface area contributed by atoms with Crippen molar-refractivity contribution in [3.05, 3.63) is 53.9 Å². The lowest BCUT2D eigenvalue weighted by atomic mass is 10.1. The highest BCUT2D eigenvalue weighted by molar-refractivity contribution is 5.91. The van der Waals surface area contributed by atoms with Crippen LogP contribution in [0.2, 0.25) is 0 Å². The van der Waals surface area contributed by atoms with E-state index in [-0.39, 0.29) is 5.76 Å². The number of carbonyl (C=O) groups excluding carboxylic acids is 1. The highest BCUT2D eigenvalue weighted by Gasteiger charge is 2.11. The molecule has 0 aliphatic carbocycles. The average molecular weight is 326 g/mol. The minimum atomic E-state index is -0.467. The van der Waals surface area contributed by atoms with Crippen molar-refractivity contribution < 1.29 is 14.3 Å². The van der Waals surface area contributed by atoms with Crippen molar-refractivity contribution in [2.24, 2.45) is 0 Å². The van der Waals surface area contributed by atoms with Gasteiger partial charge in [0.15, 0.2) is 0 Å². The number of pyridine rings is 1. The number of rotatable bonds is 7. The fourth-order valence-corrected chi connectivity index (χ4v) is 2.16. The van der Waals surface area contributed by atoms with E-state index in [9.17, 15) is 4.79 Å². The van der Waals surface area contributed by atoms with E-state index in [1.807, 2.05) is 50.4 Å². The van der Waals surface area contributed by atoms with E-state index in [4.69, 9.17) is 9.47 Å². The third-order valence-corrected chi connectivity index (χ3v) is 3.31. The van der Waals surface area contributed by atoms with Crippen LogP contribution in [0.1, 0.15) is 19.4 Å². The Bertz CT molecular complexity index is 709. The third kappa shape index (κ3) is 4.59. The van der Waals surface area contributed by atoms with Crippen molar-refractivity contribution in [3.8, 4) is 11.3 Å². The first-order valence-electron chi connectivity index (χ1n) is 7.93. The second-order valence-electron chi connectivity index (χ2n) is 4.97. The van der Waals surface area contributed by atoms with Gasteiger partial charge in [0, 0.05) is 24.5 Å². The van der Waals surface area contributed by atoms with E-state index in [1.165, 1.54) is 0 Å². The number of nitrogens with one attached hydrogen (secondary N) is 1. The van der Waals surface area contributed by atoms with E-state index in [0.717, 1.165) is 22.5 Å². The fourth-order valence-electron chi connectivity index (χ4n) is 2.16. The molecule has 0 saturated carbocycles. The quantitative estimate of drug-likeness (QED) is 0.477. The minimum absolute atomic E-state index is 0.186. The van der Waals surface area contributed by atoms with E-state index < -0.39 is 5.97 Å².